The minimum atomic E-state index is -5.02. The number of ether oxygens (including phenoxy) is 1. The molecule has 458 valence electrons. The molecule has 3 aromatic carbocycles. The van der Waals surface area contributed by atoms with Crippen molar-refractivity contribution in [1.82, 2.24) is 25.7 Å². The number of carbonyl (C=O) groups is 5. The summed E-state index contributed by atoms with van der Waals surface area (Å²) in [4.78, 5) is 67.5. The van der Waals surface area contributed by atoms with Crippen LogP contribution in [-0.2, 0) is 55.0 Å². The number of hydrogen-bond acceptors (Lipinski definition) is 13. The van der Waals surface area contributed by atoms with Gasteiger partial charge in [-0.25, -0.2) is 8.42 Å². The van der Waals surface area contributed by atoms with Gasteiger partial charge in [0, 0.05) is 95.0 Å². The lowest BCUT2D eigenvalue weighted by atomic mass is 9.75. The van der Waals surface area contributed by atoms with Crippen molar-refractivity contribution in [3.63, 3.8) is 0 Å². The molecule has 1 atom stereocenters. The number of fused-ring (bicyclic) bond motifs is 3. The molecule has 0 spiro atoms. The molecule has 0 aliphatic carbocycles. The third kappa shape index (κ3) is 15.9. The van der Waals surface area contributed by atoms with E-state index in [0.717, 1.165) is 57.9 Å². The number of ketones is 1. The molecule has 1 unspecified atom stereocenters. The van der Waals surface area contributed by atoms with Gasteiger partial charge in [0.25, 0.3) is 5.91 Å². The second-order valence-electron chi connectivity index (χ2n) is 22.9. The first-order chi connectivity index (χ1) is 41.6. The molecule has 3 aromatic heterocycles. The fraction of sp³-hybridized carbons (Fsp3) is 0.355. The van der Waals surface area contributed by atoms with Crippen molar-refractivity contribution in [1.29, 1.82) is 0 Å². The van der Waals surface area contributed by atoms with E-state index in [1.807, 2.05) is 66.0 Å². The zero-order valence-corrected chi connectivity index (χ0v) is 51.5. The summed E-state index contributed by atoms with van der Waals surface area (Å²) in [5, 5.41) is 24.9. The maximum atomic E-state index is 17.5. The molecule has 6 aromatic rings. The lowest BCUT2D eigenvalue weighted by Gasteiger charge is -2.31. The number of amides is 4. The predicted molar refractivity (Wildman–Crippen MR) is 333 cm³/mol. The first kappa shape index (κ1) is 64.1. The highest BCUT2D eigenvalue weighted by Gasteiger charge is 2.55. The van der Waals surface area contributed by atoms with E-state index in [4.69, 9.17) is 9.39 Å². The zero-order chi connectivity index (χ0) is 62.0. The molecule has 3 aliphatic rings. The minimum Gasteiger partial charge on any atom is -0.748 e. The van der Waals surface area contributed by atoms with Gasteiger partial charge in [0.05, 0.1) is 62.2 Å². The molecular weight excluding hydrogens is 1170 g/mol. The lowest BCUT2D eigenvalue weighted by Crippen LogP contribution is -2.51. The Morgan fingerprint density at radius 3 is 2.17 bits per heavy atom. The number of aryl methyl sites for hydroxylation is 3. The van der Waals surface area contributed by atoms with Crippen LogP contribution >= 0.6 is 22.7 Å². The molecule has 25 heteroatoms. The van der Waals surface area contributed by atoms with E-state index >= 15 is 8.63 Å². The van der Waals surface area contributed by atoms with Gasteiger partial charge in [-0.3, -0.25) is 24.0 Å². The summed E-state index contributed by atoms with van der Waals surface area (Å²) in [6, 6.07) is 25.7. The SMILES string of the molecule is COc1c(CCCCc2ccc(C(=O)c3ccccc3)cc2)cc(C(=O)NCCNC(=O)CCCCNC(=O)C(CS(=O)(=O)[O-])NC(=O)CCC2=CC(c3cccs3)=[N+]3C2=Cc2c(CCC[N+](C)(C)C)cc(-c4cccs4)n2[B-]3(F)F)c2c1B(O)OC2. The van der Waals surface area contributed by atoms with Crippen molar-refractivity contribution < 1.29 is 69.0 Å². The fourth-order valence-corrected chi connectivity index (χ4v) is 13.4. The molecule has 6 heterocycles. The summed E-state index contributed by atoms with van der Waals surface area (Å²) in [6.45, 7) is -3.50. The van der Waals surface area contributed by atoms with Crippen LogP contribution in [0.15, 0.2) is 119 Å². The summed E-state index contributed by atoms with van der Waals surface area (Å²) in [5.41, 5.74) is 6.82. The van der Waals surface area contributed by atoms with Crippen molar-refractivity contribution in [2.45, 2.75) is 83.3 Å². The number of nitrogens with zero attached hydrogens (tertiary/aromatic N) is 3. The summed E-state index contributed by atoms with van der Waals surface area (Å²) in [7, 11) is 1.43. The van der Waals surface area contributed by atoms with Gasteiger partial charge in [0.2, 0.25) is 17.7 Å². The van der Waals surface area contributed by atoms with Crippen molar-refractivity contribution in [2.24, 2.45) is 0 Å². The number of thiophene rings is 2. The summed E-state index contributed by atoms with van der Waals surface area (Å²) >= 11 is 2.68. The molecule has 4 amide bonds. The monoisotopic (exact) mass is 1250 g/mol. The number of halogens is 2. The van der Waals surface area contributed by atoms with E-state index < -0.39 is 53.7 Å². The highest BCUT2D eigenvalue weighted by molar-refractivity contribution is 7.85. The average molecular weight is 1250 g/mol. The Balaban J connectivity index is 0.737. The number of aromatic nitrogens is 1. The Hall–Kier alpha value is -7.38. The lowest BCUT2D eigenvalue weighted by molar-refractivity contribution is -0.870. The van der Waals surface area contributed by atoms with Gasteiger partial charge < -0.3 is 62.3 Å². The van der Waals surface area contributed by atoms with Gasteiger partial charge in [-0.2, -0.15) is 0 Å². The maximum absolute atomic E-state index is 17.5. The quantitative estimate of drug-likeness (QED) is 0.0106. The van der Waals surface area contributed by atoms with Crippen molar-refractivity contribution in [3.05, 3.63) is 169 Å². The molecule has 18 nitrogen and oxygen atoms in total. The second-order valence-corrected chi connectivity index (χ2v) is 26.2. The number of nitrogens with one attached hydrogen (secondary N) is 4. The molecule has 0 saturated carbocycles. The van der Waals surface area contributed by atoms with E-state index in [9.17, 15) is 42.0 Å². The van der Waals surface area contributed by atoms with Crippen LogP contribution in [0.2, 0.25) is 0 Å². The number of benzene rings is 3. The number of unbranched alkanes of at least 4 members (excludes halogenated alkanes) is 2. The van der Waals surface area contributed by atoms with Gasteiger partial charge in [-0.15, -0.1) is 22.7 Å². The highest BCUT2D eigenvalue weighted by atomic mass is 32.2. The van der Waals surface area contributed by atoms with E-state index in [1.54, 1.807) is 47.9 Å². The summed E-state index contributed by atoms with van der Waals surface area (Å²) in [6.07, 6.45) is 7.81. The third-order valence-electron chi connectivity index (χ3n) is 15.5. The molecule has 9 rings (SSSR count). The van der Waals surface area contributed by atoms with Gasteiger partial charge in [-0.1, -0.05) is 66.7 Å². The van der Waals surface area contributed by atoms with Crippen molar-refractivity contribution in [2.75, 3.05) is 60.2 Å². The van der Waals surface area contributed by atoms with Crippen LogP contribution in [0.1, 0.15) is 110 Å². The van der Waals surface area contributed by atoms with Gasteiger partial charge in [0.15, 0.2) is 17.2 Å². The number of rotatable bonds is 30. The Kier molecular flexibility index (Phi) is 20.8. The maximum Gasteiger partial charge on any atom is 0.737 e. The van der Waals surface area contributed by atoms with Gasteiger partial charge >= 0.3 is 14.1 Å². The standard InChI is InChI=1S/C62H71B2F2N7O11S3/c1-73(2,3)32-12-19-44-36-52(54-20-13-33-85-54)71-50(44)38-51-45(37-53(55-21-14-34-86-55)72(51)64(71,65)66)27-28-57(75)70-49(40-87(80,81)82)62(78)68-29-11-10-22-56(74)67-30-31-69-61(77)47-35-46(60(83-4)58-48(47)39-84-63(58)79)18-9-8-15-41-23-25-43(26-24-41)59(76)42-16-6-5-7-17-42/h5-7,13-14,16-17,20-21,23-26,33-38,49,79H,8-12,15,18-19,22,27-32,39-40H2,1-4H3,(H4-,67,68,69,70,74,75,77,78,80,81,82). The molecular formula is C62H71B2F2N7O11S3. The van der Waals surface area contributed by atoms with Crippen LogP contribution in [0.3, 0.4) is 0 Å². The van der Waals surface area contributed by atoms with Crippen LogP contribution in [0.5, 0.6) is 5.75 Å². The Morgan fingerprint density at radius 2 is 1.48 bits per heavy atom. The van der Waals surface area contributed by atoms with E-state index in [1.165, 1.54) is 29.8 Å². The number of quaternary nitrogens is 1. The summed E-state index contributed by atoms with van der Waals surface area (Å²) < 4.78 is 85.1. The first-order valence-electron chi connectivity index (χ1n) is 29.1. The zero-order valence-electron chi connectivity index (χ0n) is 49.1. The van der Waals surface area contributed by atoms with E-state index in [-0.39, 0.29) is 75.0 Å². The number of hydrogen-bond donors (Lipinski definition) is 5. The minimum absolute atomic E-state index is 0.00284. The second kappa shape index (κ2) is 28.2. The van der Waals surface area contributed by atoms with Crippen LogP contribution in [0.4, 0.5) is 8.63 Å². The Morgan fingerprint density at radius 1 is 0.793 bits per heavy atom. The van der Waals surface area contributed by atoms with Gasteiger partial charge in [-0.05, 0) is 109 Å². The number of allylic oxidation sites excluding steroid dienone is 2. The topological polar surface area (TPSA) is 237 Å². The number of methoxy groups -OCH3 is 1. The van der Waals surface area contributed by atoms with Crippen LogP contribution in [0, 0.1) is 0 Å². The fourth-order valence-electron chi connectivity index (χ4n) is 11.3. The Labute approximate surface area is 513 Å². The molecule has 87 heavy (non-hydrogen) atoms. The molecule has 0 saturated heterocycles. The third-order valence-corrected chi connectivity index (χ3v) is 18.1. The first-order valence-corrected chi connectivity index (χ1v) is 32.4. The smallest absolute Gasteiger partial charge is 0.737 e. The number of carbonyl (C=O) groups excluding carboxylic acids is 5. The van der Waals surface area contributed by atoms with Crippen LogP contribution in [-0.4, -0.2) is 147 Å². The molecule has 5 N–H and O–H groups in total. The normalized spacial score (nSPS) is 14.6. The molecule has 0 radical (unpaired) electrons. The molecule has 0 fully saturated rings. The Bertz CT molecular complexity index is 3720. The summed E-state index contributed by atoms with van der Waals surface area (Å²) in [5.74, 6) is -3.26. The largest absolute Gasteiger partial charge is 0.748 e. The van der Waals surface area contributed by atoms with Crippen LogP contribution < -0.4 is 31.5 Å². The average Bonchev–Trinajstić information content (AvgIpc) is 1.58. The molecule has 3 aliphatic heterocycles. The van der Waals surface area contributed by atoms with Crippen LogP contribution in [0.25, 0.3) is 16.6 Å². The molecule has 0 bridgehead atoms. The van der Waals surface area contributed by atoms with E-state index in [0.29, 0.717) is 83.9 Å². The van der Waals surface area contributed by atoms with Crippen molar-refractivity contribution >= 4 is 93.5 Å². The predicted octanol–water partition coefficient (Wildman–Crippen LogP) is 6.60. The van der Waals surface area contributed by atoms with Gasteiger partial charge in [0.1, 0.15) is 11.8 Å². The van der Waals surface area contributed by atoms with Crippen molar-refractivity contribution in [3.8, 4) is 16.3 Å². The van der Waals surface area contributed by atoms with E-state index in [2.05, 4.69) is 42.4 Å². The highest BCUT2D eigenvalue weighted by Crippen LogP contribution is 2.43.